The molecular formula is C23H30N6O. The first kappa shape index (κ1) is 20.4. The number of hydrogen-bond acceptors (Lipinski definition) is 7. The lowest BCUT2D eigenvalue weighted by atomic mass is 10.2. The molecule has 1 aromatic heterocycles. The smallest absolute Gasteiger partial charge is 0.225 e. The summed E-state index contributed by atoms with van der Waals surface area (Å²) >= 11 is 0. The minimum atomic E-state index is 0.631. The van der Waals surface area contributed by atoms with E-state index < -0.39 is 0 Å². The Bertz CT molecular complexity index is 954. The highest BCUT2D eigenvalue weighted by Gasteiger charge is 2.13. The molecule has 1 aliphatic rings. The molecule has 7 nitrogen and oxygen atoms in total. The Balaban J connectivity index is 1.42. The van der Waals surface area contributed by atoms with Crippen LogP contribution in [-0.4, -0.2) is 73.2 Å². The van der Waals surface area contributed by atoms with Gasteiger partial charge in [0.2, 0.25) is 5.95 Å². The summed E-state index contributed by atoms with van der Waals surface area (Å²) < 4.78 is 5.22. The summed E-state index contributed by atoms with van der Waals surface area (Å²) in [4.78, 5) is 14.3. The molecule has 2 aromatic carbocycles. The molecule has 4 rings (SSSR count). The SMILES string of the molecule is COc1ccc(CNc2nc(NCCN3CCN(C)CC3)c3ccccc3n2)cc1. The largest absolute Gasteiger partial charge is 0.497 e. The standard InChI is InChI=1S/C23H30N6O/c1-28-13-15-29(16-14-28)12-11-24-22-20-5-3-4-6-21(20)26-23(27-22)25-17-18-7-9-19(30-2)10-8-18/h3-10H,11-17H2,1-2H3,(H2,24,25,26,27). The van der Waals surface area contributed by atoms with Crippen molar-refractivity contribution in [2.24, 2.45) is 0 Å². The van der Waals surface area contributed by atoms with Crippen LogP contribution in [0.4, 0.5) is 11.8 Å². The molecule has 0 spiro atoms. The van der Waals surface area contributed by atoms with Crippen LogP contribution in [-0.2, 0) is 6.54 Å². The highest BCUT2D eigenvalue weighted by atomic mass is 16.5. The van der Waals surface area contributed by atoms with Crippen LogP contribution >= 0.6 is 0 Å². The van der Waals surface area contributed by atoms with E-state index in [4.69, 9.17) is 9.72 Å². The minimum Gasteiger partial charge on any atom is -0.497 e. The van der Waals surface area contributed by atoms with Crippen LogP contribution in [0.1, 0.15) is 5.56 Å². The molecule has 30 heavy (non-hydrogen) atoms. The van der Waals surface area contributed by atoms with Crippen LogP contribution < -0.4 is 15.4 Å². The van der Waals surface area contributed by atoms with Crippen LogP contribution in [0.25, 0.3) is 10.9 Å². The normalized spacial score (nSPS) is 15.3. The zero-order valence-electron chi connectivity index (χ0n) is 17.8. The first-order valence-electron chi connectivity index (χ1n) is 10.5. The molecular weight excluding hydrogens is 376 g/mol. The third-order valence-electron chi connectivity index (χ3n) is 5.53. The number of nitrogens with one attached hydrogen (secondary N) is 2. The molecule has 0 amide bonds. The lowest BCUT2D eigenvalue weighted by molar-refractivity contribution is 0.158. The fourth-order valence-electron chi connectivity index (χ4n) is 3.62. The Kier molecular flexibility index (Phi) is 6.61. The number of nitrogens with zero attached hydrogens (tertiary/aromatic N) is 4. The molecule has 2 heterocycles. The third-order valence-corrected chi connectivity index (χ3v) is 5.53. The van der Waals surface area contributed by atoms with E-state index >= 15 is 0 Å². The van der Waals surface area contributed by atoms with Crippen LogP contribution in [0.15, 0.2) is 48.5 Å². The summed E-state index contributed by atoms with van der Waals surface area (Å²) in [5.41, 5.74) is 2.09. The van der Waals surface area contributed by atoms with E-state index in [-0.39, 0.29) is 0 Å². The van der Waals surface area contributed by atoms with Crippen LogP contribution in [0.5, 0.6) is 5.75 Å². The Labute approximate surface area is 178 Å². The summed E-state index contributed by atoms with van der Waals surface area (Å²) in [6.07, 6.45) is 0. The molecule has 0 saturated carbocycles. The molecule has 3 aromatic rings. The molecule has 7 heteroatoms. The third kappa shape index (κ3) is 5.17. The van der Waals surface area contributed by atoms with Gasteiger partial charge in [0.25, 0.3) is 0 Å². The van der Waals surface area contributed by atoms with E-state index in [9.17, 15) is 0 Å². The van der Waals surface area contributed by atoms with Crippen molar-refractivity contribution in [3.05, 3.63) is 54.1 Å². The van der Waals surface area contributed by atoms with Gasteiger partial charge in [-0.2, -0.15) is 4.98 Å². The molecule has 158 valence electrons. The second-order valence-electron chi connectivity index (χ2n) is 7.69. The summed E-state index contributed by atoms with van der Waals surface area (Å²) in [5.74, 6) is 2.37. The number of para-hydroxylation sites is 1. The molecule has 0 aliphatic carbocycles. The number of methoxy groups -OCH3 is 1. The molecule has 2 N–H and O–H groups in total. The zero-order chi connectivity index (χ0) is 20.8. The van der Waals surface area contributed by atoms with E-state index in [1.165, 1.54) is 0 Å². The maximum absolute atomic E-state index is 5.22. The van der Waals surface area contributed by atoms with Crippen molar-refractivity contribution in [3.63, 3.8) is 0 Å². The Hall–Kier alpha value is -2.90. The quantitative estimate of drug-likeness (QED) is 0.596. The molecule has 1 fully saturated rings. The second kappa shape index (κ2) is 9.73. The summed E-state index contributed by atoms with van der Waals surface area (Å²) in [5, 5.41) is 7.94. The average Bonchev–Trinajstić information content (AvgIpc) is 2.79. The Morgan fingerprint density at radius 2 is 1.70 bits per heavy atom. The predicted octanol–water partition coefficient (Wildman–Crippen LogP) is 2.91. The summed E-state index contributed by atoms with van der Waals surface area (Å²) in [7, 11) is 3.86. The van der Waals surface area contributed by atoms with Crippen molar-refractivity contribution in [1.82, 2.24) is 19.8 Å². The highest BCUT2D eigenvalue weighted by Crippen LogP contribution is 2.22. The van der Waals surface area contributed by atoms with Gasteiger partial charge in [0.05, 0.1) is 12.6 Å². The van der Waals surface area contributed by atoms with Crippen LogP contribution in [0.3, 0.4) is 0 Å². The molecule has 1 aliphatic heterocycles. The van der Waals surface area contributed by atoms with Gasteiger partial charge in [-0.25, -0.2) is 4.98 Å². The van der Waals surface area contributed by atoms with E-state index in [0.29, 0.717) is 12.5 Å². The monoisotopic (exact) mass is 406 g/mol. The van der Waals surface area contributed by atoms with Crippen molar-refractivity contribution in [1.29, 1.82) is 0 Å². The lowest BCUT2D eigenvalue weighted by Gasteiger charge is -2.32. The van der Waals surface area contributed by atoms with Gasteiger partial charge in [0.1, 0.15) is 11.6 Å². The van der Waals surface area contributed by atoms with Gasteiger partial charge >= 0.3 is 0 Å². The summed E-state index contributed by atoms with van der Waals surface area (Å²) in [6, 6.07) is 16.2. The maximum atomic E-state index is 5.22. The fraction of sp³-hybridized carbons (Fsp3) is 0.391. The molecule has 0 bridgehead atoms. The molecule has 0 atom stereocenters. The van der Waals surface area contributed by atoms with Gasteiger partial charge in [-0.05, 0) is 36.9 Å². The van der Waals surface area contributed by atoms with Crippen molar-refractivity contribution < 1.29 is 4.74 Å². The molecule has 0 unspecified atom stereocenters. The summed E-state index contributed by atoms with van der Waals surface area (Å²) in [6.45, 7) is 7.05. The highest BCUT2D eigenvalue weighted by molar-refractivity contribution is 5.90. The predicted molar refractivity (Wildman–Crippen MR) is 122 cm³/mol. The number of anilines is 2. The van der Waals surface area contributed by atoms with Crippen LogP contribution in [0.2, 0.25) is 0 Å². The minimum absolute atomic E-state index is 0.631. The number of hydrogen-bond donors (Lipinski definition) is 2. The Morgan fingerprint density at radius 1 is 0.933 bits per heavy atom. The second-order valence-corrected chi connectivity index (χ2v) is 7.69. The molecule has 1 saturated heterocycles. The lowest BCUT2D eigenvalue weighted by Crippen LogP contribution is -2.45. The topological polar surface area (TPSA) is 65.6 Å². The van der Waals surface area contributed by atoms with Crippen molar-refractivity contribution in [2.75, 3.05) is 64.1 Å². The van der Waals surface area contributed by atoms with Crippen LogP contribution in [0, 0.1) is 0 Å². The van der Waals surface area contributed by atoms with E-state index in [1.54, 1.807) is 7.11 Å². The van der Waals surface area contributed by atoms with E-state index in [2.05, 4.69) is 38.5 Å². The fourth-order valence-corrected chi connectivity index (χ4v) is 3.62. The number of piperazine rings is 1. The van der Waals surface area contributed by atoms with Gasteiger partial charge in [-0.1, -0.05) is 24.3 Å². The van der Waals surface area contributed by atoms with Crippen molar-refractivity contribution in [2.45, 2.75) is 6.54 Å². The van der Waals surface area contributed by atoms with Gasteiger partial charge in [-0.15, -0.1) is 0 Å². The number of benzene rings is 2. The number of rotatable bonds is 8. The average molecular weight is 407 g/mol. The number of aromatic nitrogens is 2. The van der Waals surface area contributed by atoms with E-state index in [1.807, 2.05) is 42.5 Å². The Morgan fingerprint density at radius 3 is 2.47 bits per heavy atom. The van der Waals surface area contributed by atoms with E-state index in [0.717, 1.165) is 67.3 Å². The zero-order valence-corrected chi connectivity index (χ0v) is 17.8. The number of likely N-dealkylation sites (N-methyl/N-ethyl adjacent to an activating group) is 1. The van der Waals surface area contributed by atoms with Gasteiger partial charge in [0, 0.05) is 51.2 Å². The molecule has 0 radical (unpaired) electrons. The van der Waals surface area contributed by atoms with Crippen molar-refractivity contribution in [3.8, 4) is 5.75 Å². The number of fused-ring (bicyclic) bond motifs is 1. The number of ether oxygens (including phenoxy) is 1. The first-order chi connectivity index (χ1) is 14.7. The van der Waals surface area contributed by atoms with Gasteiger partial charge in [-0.3, -0.25) is 4.90 Å². The maximum Gasteiger partial charge on any atom is 0.225 e. The van der Waals surface area contributed by atoms with Crippen molar-refractivity contribution >= 4 is 22.7 Å². The first-order valence-corrected chi connectivity index (χ1v) is 10.5. The van der Waals surface area contributed by atoms with Gasteiger partial charge < -0.3 is 20.3 Å². The van der Waals surface area contributed by atoms with Gasteiger partial charge in [0.15, 0.2) is 0 Å².